The second kappa shape index (κ2) is 7.49. The van der Waals surface area contributed by atoms with Crippen molar-refractivity contribution in [2.45, 2.75) is 51.5 Å². The smallest absolute Gasteiger partial charge is 0.314 e. The van der Waals surface area contributed by atoms with Crippen LogP contribution in [0.15, 0.2) is 24.3 Å². The van der Waals surface area contributed by atoms with Crippen LogP contribution in [0.4, 0.5) is 4.79 Å². The van der Waals surface area contributed by atoms with Crippen molar-refractivity contribution in [2.75, 3.05) is 13.1 Å². The highest BCUT2D eigenvalue weighted by Crippen LogP contribution is 2.48. The van der Waals surface area contributed by atoms with E-state index >= 15 is 0 Å². The van der Waals surface area contributed by atoms with Crippen LogP contribution in [0.25, 0.3) is 0 Å². The second-order valence-electron chi connectivity index (χ2n) is 6.68. The summed E-state index contributed by atoms with van der Waals surface area (Å²) in [6.45, 7) is 6.93. The highest BCUT2D eigenvalue weighted by atomic mass is 16.2. The highest BCUT2D eigenvalue weighted by Gasteiger charge is 2.45. The summed E-state index contributed by atoms with van der Waals surface area (Å²) in [6.07, 6.45) is 2.51. The van der Waals surface area contributed by atoms with E-state index < -0.39 is 0 Å². The van der Waals surface area contributed by atoms with Crippen molar-refractivity contribution < 1.29 is 9.59 Å². The number of amides is 3. The molecule has 1 aliphatic carbocycles. The zero-order valence-electron chi connectivity index (χ0n) is 14.2. The molecule has 0 radical (unpaired) electrons. The molecule has 5 heteroatoms. The Labute approximate surface area is 138 Å². The summed E-state index contributed by atoms with van der Waals surface area (Å²) in [7, 11) is 0. The summed E-state index contributed by atoms with van der Waals surface area (Å²) in [4.78, 5) is 23.4. The molecule has 1 aromatic rings. The van der Waals surface area contributed by atoms with Gasteiger partial charge in [0, 0.05) is 31.0 Å². The van der Waals surface area contributed by atoms with Crippen LogP contribution < -0.4 is 16.0 Å². The van der Waals surface area contributed by atoms with Gasteiger partial charge in [0.2, 0.25) is 5.91 Å². The molecule has 5 nitrogen and oxygen atoms in total. The van der Waals surface area contributed by atoms with Gasteiger partial charge in [-0.1, -0.05) is 24.3 Å². The third-order valence-corrected chi connectivity index (χ3v) is 4.24. The molecule has 23 heavy (non-hydrogen) atoms. The van der Waals surface area contributed by atoms with Crippen molar-refractivity contribution in [1.82, 2.24) is 16.0 Å². The summed E-state index contributed by atoms with van der Waals surface area (Å²) in [6, 6.07) is 8.27. The number of benzene rings is 1. The van der Waals surface area contributed by atoms with Crippen LogP contribution in [-0.2, 0) is 10.2 Å². The highest BCUT2D eigenvalue weighted by molar-refractivity contribution is 5.78. The summed E-state index contributed by atoms with van der Waals surface area (Å²) in [5.41, 5.74) is 2.70. The summed E-state index contributed by atoms with van der Waals surface area (Å²) in [5.74, 6) is -0.0427. The Morgan fingerprint density at radius 2 is 1.87 bits per heavy atom. The van der Waals surface area contributed by atoms with E-state index in [1.54, 1.807) is 0 Å². The normalized spacial score (nSPS) is 15.1. The minimum absolute atomic E-state index is 0.0427. The lowest BCUT2D eigenvalue weighted by Crippen LogP contribution is -2.41. The van der Waals surface area contributed by atoms with E-state index in [-0.39, 0.29) is 23.4 Å². The van der Waals surface area contributed by atoms with Crippen LogP contribution in [0.3, 0.4) is 0 Å². The first-order chi connectivity index (χ1) is 10.9. The van der Waals surface area contributed by atoms with Crippen molar-refractivity contribution in [3.63, 3.8) is 0 Å². The van der Waals surface area contributed by atoms with Gasteiger partial charge in [-0.25, -0.2) is 4.79 Å². The number of nitrogens with one attached hydrogen (secondary N) is 3. The van der Waals surface area contributed by atoms with Crippen LogP contribution in [-0.4, -0.2) is 31.1 Å². The maximum atomic E-state index is 11.9. The van der Waals surface area contributed by atoms with Crippen molar-refractivity contribution in [3.05, 3.63) is 35.4 Å². The summed E-state index contributed by atoms with van der Waals surface area (Å²) < 4.78 is 0. The number of rotatable bonds is 7. The molecule has 3 N–H and O–H groups in total. The summed E-state index contributed by atoms with van der Waals surface area (Å²) >= 11 is 0. The zero-order chi connectivity index (χ0) is 16.9. The minimum Gasteiger partial charge on any atom is -0.354 e. The Hall–Kier alpha value is -2.04. The molecule has 0 atom stereocenters. The van der Waals surface area contributed by atoms with Crippen LogP contribution in [0.5, 0.6) is 0 Å². The largest absolute Gasteiger partial charge is 0.354 e. The van der Waals surface area contributed by atoms with Crippen LogP contribution >= 0.6 is 0 Å². The number of carbonyl (C=O) groups excluding carboxylic acids is 2. The predicted octanol–water partition coefficient (Wildman–Crippen LogP) is 2.24. The standard InChI is InChI=1S/C18H27N3O2/c1-13(2)21-16(22)8-11-19-17(23)20-12-18(9-10-18)15-7-5-4-6-14(15)3/h4-7,13H,8-12H2,1-3H3,(H,21,22)(H2,19,20,23). The third-order valence-electron chi connectivity index (χ3n) is 4.24. The lowest BCUT2D eigenvalue weighted by atomic mass is 9.92. The molecule has 2 rings (SSSR count). The molecule has 126 valence electrons. The molecular formula is C18H27N3O2. The van der Waals surface area contributed by atoms with Gasteiger partial charge in [-0.15, -0.1) is 0 Å². The fourth-order valence-electron chi connectivity index (χ4n) is 2.86. The fourth-order valence-corrected chi connectivity index (χ4v) is 2.86. The van der Waals surface area contributed by atoms with Gasteiger partial charge in [-0.2, -0.15) is 0 Å². The van der Waals surface area contributed by atoms with E-state index in [2.05, 4.69) is 41.1 Å². The minimum atomic E-state index is -0.206. The third kappa shape index (κ3) is 4.98. The van der Waals surface area contributed by atoms with Gasteiger partial charge in [0.25, 0.3) is 0 Å². The fraction of sp³-hybridized carbons (Fsp3) is 0.556. The van der Waals surface area contributed by atoms with Gasteiger partial charge in [0.1, 0.15) is 0 Å². The van der Waals surface area contributed by atoms with Crippen LogP contribution in [0.1, 0.15) is 44.2 Å². The van der Waals surface area contributed by atoms with Gasteiger partial charge in [-0.3, -0.25) is 4.79 Å². The number of hydrogen-bond donors (Lipinski definition) is 3. The second-order valence-corrected chi connectivity index (χ2v) is 6.68. The maximum absolute atomic E-state index is 11.9. The quantitative estimate of drug-likeness (QED) is 0.722. The number of carbonyl (C=O) groups is 2. The van der Waals surface area contributed by atoms with Crippen molar-refractivity contribution in [2.24, 2.45) is 0 Å². The number of urea groups is 1. The van der Waals surface area contributed by atoms with Gasteiger partial charge in [0.15, 0.2) is 0 Å². The van der Waals surface area contributed by atoms with E-state index in [9.17, 15) is 9.59 Å². The molecule has 1 fully saturated rings. The van der Waals surface area contributed by atoms with Gasteiger partial charge in [-0.05, 0) is 44.7 Å². The SMILES string of the molecule is Cc1ccccc1C1(CNC(=O)NCCC(=O)NC(C)C)CC1. The number of aryl methyl sites for hydroxylation is 1. The Morgan fingerprint density at radius 3 is 2.48 bits per heavy atom. The Bertz CT molecular complexity index is 565. The molecule has 0 saturated heterocycles. The Balaban J connectivity index is 1.73. The average Bonchev–Trinajstić information content (AvgIpc) is 3.26. The molecule has 0 aliphatic heterocycles. The van der Waals surface area contributed by atoms with E-state index in [0.29, 0.717) is 19.5 Å². The molecule has 1 aliphatic rings. The van der Waals surface area contributed by atoms with Crippen LogP contribution in [0.2, 0.25) is 0 Å². The average molecular weight is 317 g/mol. The number of hydrogen-bond acceptors (Lipinski definition) is 2. The molecule has 0 spiro atoms. The summed E-state index contributed by atoms with van der Waals surface area (Å²) in [5, 5.41) is 8.49. The van der Waals surface area contributed by atoms with Crippen LogP contribution in [0, 0.1) is 6.92 Å². The van der Waals surface area contributed by atoms with E-state index in [4.69, 9.17) is 0 Å². The Kier molecular flexibility index (Phi) is 5.64. The van der Waals surface area contributed by atoms with E-state index in [0.717, 1.165) is 12.8 Å². The van der Waals surface area contributed by atoms with E-state index in [1.807, 2.05) is 19.9 Å². The van der Waals surface area contributed by atoms with Gasteiger partial charge < -0.3 is 16.0 Å². The molecule has 0 aromatic heterocycles. The molecule has 0 bridgehead atoms. The molecular weight excluding hydrogens is 290 g/mol. The zero-order valence-corrected chi connectivity index (χ0v) is 14.2. The molecule has 0 heterocycles. The Morgan fingerprint density at radius 1 is 1.17 bits per heavy atom. The topological polar surface area (TPSA) is 70.2 Å². The van der Waals surface area contributed by atoms with E-state index in [1.165, 1.54) is 11.1 Å². The lowest BCUT2D eigenvalue weighted by Gasteiger charge is -2.19. The first-order valence-electron chi connectivity index (χ1n) is 8.30. The van der Waals surface area contributed by atoms with Gasteiger partial charge >= 0.3 is 6.03 Å². The van der Waals surface area contributed by atoms with Crippen molar-refractivity contribution in [3.8, 4) is 0 Å². The van der Waals surface area contributed by atoms with Crippen molar-refractivity contribution >= 4 is 11.9 Å². The van der Waals surface area contributed by atoms with Crippen molar-refractivity contribution in [1.29, 1.82) is 0 Å². The monoisotopic (exact) mass is 317 g/mol. The predicted molar refractivity (Wildman–Crippen MR) is 91.4 cm³/mol. The first-order valence-corrected chi connectivity index (χ1v) is 8.30. The molecule has 1 aromatic carbocycles. The first kappa shape index (κ1) is 17.3. The van der Waals surface area contributed by atoms with Gasteiger partial charge in [0.05, 0.1) is 0 Å². The molecule has 0 unspecified atom stereocenters. The maximum Gasteiger partial charge on any atom is 0.314 e. The lowest BCUT2D eigenvalue weighted by molar-refractivity contribution is -0.121. The molecule has 3 amide bonds. The molecule has 1 saturated carbocycles.